The lowest BCUT2D eigenvalue weighted by Crippen LogP contribution is -2.32. The molecule has 7 rings (SSSR count). The molecule has 61 heavy (non-hydrogen) atoms. The van der Waals surface area contributed by atoms with Crippen LogP contribution in [0.25, 0.3) is 0 Å². The lowest BCUT2D eigenvalue weighted by Gasteiger charge is -2.26. The Balaban J connectivity index is 0.000000231. The number of aliphatic hydroxyl groups excluding tert-OH is 2. The summed E-state index contributed by atoms with van der Waals surface area (Å²) < 4.78 is 11.4. The molecule has 3 fully saturated rings. The normalized spacial score (nSPS) is 16.2. The number of nitrogens with zero attached hydrogens (tertiary/aromatic N) is 2. The molecule has 6 N–H and O–H groups in total. The van der Waals surface area contributed by atoms with Gasteiger partial charge >= 0.3 is 0 Å². The molecule has 0 aliphatic heterocycles. The lowest BCUT2D eigenvalue weighted by molar-refractivity contribution is 0.0279. The first-order valence-electron chi connectivity index (χ1n) is 22.7. The molecule has 0 heterocycles. The lowest BCUT2D eigenvalue weighted by atomic mass is 10.1. The number of ether oxygens (including phenoxy) is 2. The fourth-order valence-corrected chi connectivity index (χ4v) is 6.68. The third-order valence-electron chi connectivity index (χ3n) is 10.2. The zero-order chi connectivity index (χ0) is 44.1. The van der Waals surface area contributed by atoms with Crippen molar-refractivity contribution >= 4 is 15.9 Å². The molecule has 0 spiro atoms. The largest absolute Gasteiger partial charge is 0.392 e. The van der Waals surface area contributed by atoms with Gasteiger partial charge in [-0.25, -0.2) is 0 Å². The van der Waals surface area contributed by atoms with Crippen molar-refractivity contribution in [1.29, 1.82) is 0 Å². The van der Waals surface area contributed by atoms with Gasteiger partial charge in [-0.1, -0.05) is 137 Å². The second-order valence-corrected chi connectivity index (χ2v) is 17.9. The minimum Gasteiger partial charge on any atom is -0.392 e. The van der Waals surface area contributed by atoms with E-state index < -0.39 is 0 Å². The average Bonchev–Trinajstić information content (AvgIpc) is 4.11. The van der Waals surface area contributed by atoms with E-state index >= 15 is 0 Å². The van der Waals surface area contributed by atoms with Crippen LogP contribution in [0.1, 0.15) is 88.5 Å². The van der Waals surface area contributed by atoms with Crippen LogP contribution in [0, 0.1) is 17.8 Å². The molecule has 0 aromatic heterocycles. The summed E-state index contributed by atoms with van der Waals surface area (Å²) in [6.45, 7) is 15.9. The summed E-state index contributed by atoms with van der Waals surface area (Å²) >= 11 is 3.38. The Morgan fingerprint density at radius 3 is 1.05 bits per heavy atom. The highest BCUT2D eigenvalue weighted by molar-refractivity contribution is 9.09. The van der Waals surface area contributed by atoms with Gasteiger partial charge in [-0.3, -0.25) is 9.80 Å². The number of rotatable bonds is 21. The quantitative estimate of drug-likeness (QED) is 0.0612. The number of hydrogen-bond acceptors (Lipinski definition) is 8. The minimum absolute atomic E-state index is 0.255. The number of benzene rings is 4. The van der Waals surface area contributed by atoms with E-state index in [-0.39, 0.29) is 24.4 Å². The van der Waals surface area contributed by atoms with Gasteiger partial charge in [0.1, 0.15) is 0 Å². The monoisotopic (exact) mass is 903 g/mol. The summed E-state index contributed by atoms with van der Waals surface area (Å²) in [6.07, 6.45) is 8.23. The van der Waals surface area contributed by atoms with E-state index in [1.54, 1.807) is 6.92 Å². The van der Waals surface area contributed by atoms with E-state index in [0.29, 0.717) is 19.6 Å². The van der Waals surface area contributed by atoms with Gasteiger partial charge in [0.25, 0.3) is 0 Å². The van der Waals surface area contributed by atoms with Crippen molar-refractivity contribution in [1.82, 2.24) is 9.80 Å². The molecule has 8 nitrogen and oxygen atoms in total. The van der Waals surface area contributed by atoms with Crippen molar-refractivity contribution in [2.24, 2.45) is 29.2 Å². The topological polar surface area (TPSA) is 117 Å². The van der Waals surface area contributed by atoms with E-state index in [2.05, 4.69) is 142 Å². The SMILES string of the molecule is BrCC1CC1.C[C@@H](O)CN.C[C@@H](O)CN(Cc1ccccc1)Cc1ccccc1.C[C@H](CN(Cc1ccccc1)Cc1ccccc1)OCC1CC1.C[C@H](CN)OCC1CC1. The highest BCUT2D eigenvalue weighted by Crippen LogP contribution is 2.30. The Morgan fingerprint density at radius 2 is 0.803 bits per heavy atom. The smallest absolute Gasteiger partial charge is 0.0674 e. The van der Waals surface area contributed by atoms with Crippen LogP contribution < -0.4 is 11.5 Å². The first-order chi connectivity index (χ1) is 29.6. The molecule has 9 heteroatoms. The summed E-state index contributed by atoms with van der Waals surface area (Å²) in [6, 6.07) is 42.2. The molecule has 4 atom stereocenters. The second kappa shape index (κ2) is 31.8. The molecule has 338 valence electrons. The highest BCUT2D eigenvalue weighted by atomic mass is 79.9. The van der Waals surface area contributed by atoms with Gasteiger partial charge in [0.15, 0.2) is 0 Å². The Kier molecular flexibility index (Phi) is 27.3. The number of hydrogen-bond donors (Lipinski definition) is 4. The predicted molar refractivity (Wildman–Crippen MR) is 258 cm³/mol. The molecule has 0 saturated heterocycles. The molecular formula is C52H79BrN4O4. The number of nitrogens with two attached hydrogens (primary N) is 2. The van der Waals surface area contributed by atoms with E-state index in [4.69, 9.17) is 26.0 Å². The van der Waals surface area contributed by atoms with E-state index in [1.165, 1.54) is 66.1 Å². The molecule has 0 bridgehead atoms. The van der Waals surface area contributed by atoms with Crippen LogP contribution in [0.3, 0.4) is 0 Å². The maximum Gasteiger partial charge on any atom is 0.0674 e. The summed E-state index contributed by atoms with van der Waals surface area (Å²) in [5.74, 6) is 2.74. The van der Waals surface area contributed by atoms with Gasteiger partial charge in [-0.15, -0.1) is 0 Å². The molecular weight excluding hydrogens is 824 g/mol. The van der Waals surface area contributed by atoms with Gasteiger partial charge in [0, 0.05) is 70.9 Å². The van der Waals surface area contributed by atoms with Gasteiger partial charge in [0.2, 0.25) is 0 Å². The maximum atomic E-state index is 9.64. The fourth-order valence-electron chi connectivity index (χ4n) is 6.04. The van der Waals surface area contributed by atoms with Crippen LogP contribution in [0.5, 0.6) is 0 Å². The first-order valence-corrected chi connectivity index (χ1v) is 23.8. The Hall–Kier alpha value is -2.96. The first kappa shape index (κ1) is 52.4. The molecule has 3 aliphatic carbocycles. The van der Waals surface area contributed by atoms with Crippen molar-refractivity contribution < 1.29 is 19.7 Å². The standard InChI is InChI=1S/C21H27NO.C17H21NO.C7H15NO.C4H7Br.C3H9NO/c1-18(23-17-21-12-13-21)14-22(15-19-8-4-2-5-9-19)16-20-10-6-3-7-11-20;1-15(19)12-18(13-16-8-4-2-5-9-16)14-17-10-6-3-7-11-17;1-6(4-8)9-5-7-2-3-7;5-3-4-1-2-4;1-3(5)2-4/h2-11,18,21H,12-17H2,1H3;2-11,15,19H,12-14H2,1H3;6-7H,2-5,8H2,1H3;4H,1-3H2;3,5H,2,4H2,1H3/t18-;15-;6-;;3-/m111.1/s1. The molecule has 0 amide bonds. The van der Waals surface area contributed by atoms with Crippen LogP contribution in [-0.2, 0) is 35.7 Å². The summed E-state index contributed by atoms with van der Waals surface area (Å²) in [5, 5.41) is 19.1. The van der Waals surface area contributed by atoms with Gasteiger partial charge in [0.05, 0.1) is 24.4 Å². The number of aliphatic hydroxyl groups is 2. The molecule has 3 saturated carbocycles. The fraction of sp³-hybridized carbons (Fsp3) is 0.538. The zero-order valence-electron chi connectivity index (χ0n) is 37.7. The second-order valence-electron chi connectivity index (χ2n) is 17.2. The average molecular weight is 904 g/mol. The third kappa shape index (κ3) is 28.4. The molecule has 0 unspecified atom stereocenters. The van der Waals surface area contributed by atoms with Gasteiger partial charge in [-0.2, -0.15) is 0 Å². The Morgan fingerprint density at radius 1 is 0.492 bits per heavy atom. The number of alkyl halides is 1. The van der Waals surface area contributed by atoms with Crippen molar-refractivity contribution in [3.05, 3.63) is 144 Å². The van der Waals surface area contributed by atoms with E-state index in [1.807, 2.05) is 26.0 Å². The van der Waals surface area contributed by atoms with Crippen LogP contribution in [0.15, 0.2) is 121 Å². The van der Waals surface area contributed by atoms with Crippen LogP contribution in [-0.4, -0.2) is 89.2 Å². The molecule has 3 aliphatic rings. The van der Waals surface area contributed by atoms with E-state index in [0.717, 1.165) is 63.7 Å². The van der Waals surface area contributed by atoms with Crippen molar-refractivity contribution in [3.63, 3.8) is 0 Å². The van der Waals surface area contributed by atoms with Crippen LogP contribution >= 0.6 is 15.9 Å². The van der Waals surface area contributed by atoms with Gasteiger partial charge < -0.3 is 31.2 Å². The molecule has 0 radical (unpaired) electrons. The molecule has 4 aromatic carbocycles. The Labute approximate surface area is 378 Å². The zero-order valence-corrected chi connectivity index (χ0v) is 39.3. The molecule has 4 aromatic rings. The van der Waals surface area contributed by atoms with Crippen LogP contribution in [0.4, 0.5) is 0 Å². The highest BCUT2D eigenvalue weighted by Gasteiger charge is 2.23. The van der Waals surface area contributed by atoms with E-state index in [9.17, 15) is 5.11 Å². The van der Waals surface area contributed by atoms with Crippen LogP contribution in [0.2, 0.25) is 0 Å². The van der Waals surface area contributed by atoms with Crippen molar-refractivity contribution in [3.8, 4) is 0 Å². The minimum atomic E-state index is -0.338. The van der Waals surface area contributed by atoms with Crippen molar-refractivity contribution in [2.75, 3.05) is 44.7 Å². The van der Waals surface area contributed by atoms with Gasteiger partial charge in [-0.05, 0) is 106 Å². The maximum absolute atomic E-state index is 9.64. The summed E-state index contributed by atoms with van der Waals surface area (Å²) in [7, 11) is 0. The van der Waals surface area contributed by atoms with Crippen molar-refractivity contribution in [2.45, 2.75) is 117 Å². The number of halogens is 1. The predicted octanol–water partition coefficient (Wildman–Crippen LogP) is 9.45. The summed E-state index contributed by atoms with van der Waals surface area (Å²) in [4.78, 5) is 4.76. The Bertz CT molecular complexity index is 1510. The summed E-state index contributed by atoms with van der Waals surface area (Å²) in [5.41, 5.74) is 15.5. The third-order valence-corrected chi connectivity index (χ3v) is 11.2.